The van der Waals surface area contributed by atoms with Crippen LogP contribution in [-0.2, 0) is 9.47 Å². The van der Waals surface area contributed by atoms with Gasteiger partial charge in [-0.2, -0.15) is 0 Å². The Kier molecular flexibility index (Phi) is 5.40. The van der Waals surface area contributed by atoms with Gasteiger partial charge in [-0.25, -0.2) is 0 Å². The van der Waals surface area contributed by atoms with Crippen LogP contribution in [0.25, 0.3) is 0 Å². The molecule has 0 radical (unpaired) electrons. The zero-order valence-corrected chi connectivity index (χ0v) is 12.8. The van der Waals surface area contributed by atoms with Gasteiger partial charge in [0.05, 0.1) is 13.2 Å². The number of likely N-dealkylation sites (N-methyl/N-ethyl adjacent to an activating group) is 1. The number of rotatable bonds is 7. The normalized spacial score (nSPS) is 25.3. The highest BCUT2D eigenvalue weighted by molar-refractivity contribution is 5.36. The van der Waals surface area contributed by atoms with E-state index in [-0.39, 0.29) is 12.2 Å². The van der Waals surface area contributed by atoms with Crippen molar-refractivity contribution in [1.29, 1.82) is 0 Å². The average Bonchev–Trinajstić information content (AvgIpc) is 2.42. The van der Waals surface area contributed by atoms with Gasteiger partial charge in [0.1, 0.15) is 18.0 Å². The molecule has 0 saturated heterocycles. The van der Waals surface area contributed by atoms with Crippen LogP contribution in [0.2, 0.25) is 0 Å². The van der Waals surface area contributed by atoms with E-state index in [1.165, 1.54) is 11.1 Å². The van der Waals surface area contributed by atoms with Crippen molar-refractivity contribution in [3.63, 3.8) is 0 Å². The van der Waals surface area contributed by atoms with Gasteiger partial charge in [0, 0.05) is 19.6 Å². The topological polar surface area (TPSA) is 39.7 Å². The van der Waals surface area contributed by atoms with E-state index in [0.29, 0.717) is 19.3 Å². The van der Waals surface area contributed by atoms with Crippen LogP contribution in [0.3, 0.4) is 0 Å². The minimum Gasteiger partial charge on any atom is -0.487 e. The number of nitrogens with one attached hydrogen (secondary N) is 1. The summed E-state index contributed by atoms with van der Waals surface area (Å²) < 4.78 is 17.0. The lowest BCUT2D eigenvalue weighted by Gasteiger charge is -2.43. The van der Waals surface area contributed by atoms with Crippen LogP contribution < -0.4 is 10.1 Å². The molecule has 4 nitrogen and oxygen atoms in total. The van der Waals surface area contributed by atoms with E-state index in [9.17, 15) is 0 Å². The zero-order chi connectivity index (χ0) is 14.5. The first-order valence-electron chi connectivity index (χ1n) is 7.17. The van der Waals surface area contributed by atoms with E-state index in [0.717, 1.165) is 12.2 Å². The minimum absolute atomic E-state index is 0.0927. The van der Waals surface area contributed by atoms with Crippen LogP contribution in [0.5, 0.6) is 5.75 Å². The van der Waals surface area contributed by atoms with Crippen molar-refractivity contribution in [3.05, 3.63) is 29.3 Å². The lowest BCUT2D eigenvalue weighted by Crippen LogP contribution is -2.60. The number of hydrogen-bond acceptors (Lipinski definition) is 4. The van der Waals surface area contributed by atoms with E-state index in [4.69, 9.17) is 14.2 Å². The Bertz CT molecular complexity index is 436. The lowest BCUT2D eigenvalue weighted by molar-refractivity contribution is -0.114. The van der Waals surface area contributed by atoms with Crippen LogP contribution in [0, 0.1) is 13.8 Å². The van der Waals surface area contributed by atoms with Crippen LogP contribution in [0.1, 0.15) is 17.5 Å². The molecule has 1 aromatic carbocycles. The van der Waals surface area contributed by atoms with Gasteiger partial charge < -0.3 is 19.5 Å². The second kappa shape index (κ2) is 7.07. The maximum absolute atomic E-state index is 6.13. The predicted octanol–water partition coefficient (Wildman–Crippen LogP) is 2.07. The third-order valence-electron chi connectivity index (χ3n) is 3.84. The van der Waals surface area contributed by atoms with E-state index in [1.54, 1.807) is 7.11 Å². The molecule has 0 aromatic heterocycles. The maximum atomic E-state index is 6.13. The van der Waals surface area contributed by atoms with E-state index < -0.39 is 0 Å². The summed E-state index contributed by atoms with van der Waals surface area (Å²) in [5.74, 6) is 0.963. The second-order valence-corrected chi connectivity index (χ2v) is 5.38. The third kappa shape index (κ3) is 3.51. The number of hydrogen-bond donors (Lipinski definition) is 1. The van der Waals surface area contributed by atoms with Gasteiger partial charge in [-0.3, -0.25) is 0 Å². The van der Waals surface area contributed by atoms with Crippen molar-refractivity contribution >= 4 is 0 Å². The van der Waals surface area contributed by atoms with Gasteiger partial charge in [-0.15, -0.1) is 0 Å². The van der Waals surface area contributed by atoms with Gasteiger partial charge >= 0.3 is 0 Å². The molecule has 0 amide bonds. The third-order valence-corrected chi connectivity index (χ3v) is 3.84. The highest BCUT2D eigenvalue weighted by Crippen LogP contribution is 2.31. The number of ether oxygens (including phenoxy) is 3. The highest BCUT2D eigenvalue weighted by atomic mass is 16.6. The van der Waals surface area contributed by atoms with Gasteiger partial charge in [-0.05, 0) is 38.1 Å². The highest BCUT2D eigenvalue weighted by Gasteiger charge is 2.43. The summed E-state index contributed by atoms with van der Waals surface area (Å²) in [4.78, 5) is 0. The Morgan fingerprint density at radius 2 is 2.05 bits per heavy atom. The van der Waals surface area contributed by atoms with Crippen LogP contribution in [-0.4, -0.2) is 45.6 Å². The standard InChI is InChI=1S/C16H25NO3/c1-11-5-6-12(2)14(9-11)20-15-10-13(17-3)16(15)19-8-7-18-4/h5-6,9,13,15-17H,7-8,10H2,1-4H3. The van der Waals surface area contributed by atoms with E-state index >= 15 is 0 Å². The molecule has 1 aliphatic rings. The predicted molar refractivity (Wildman–Crippen MR) is 79.4 cm³/mol. The zero-order valence-electron chi connectivity index (χ0n) is 12.8. The van der Waals surface area contributed by atoms with Crippen molar-refractivity contribution in [2.24, 2.45) is 0 Å². The fourth-order valence-corrected chi connectivity index (χ4v) is 2.47. The molecule has 3 unspecified atom stereocenters. The van der Waals surface area contributed by atoms with E-state index in [2.05, 4.69) is 37.4 Å². The summed E-state index contributed by atoms with van der Waals surface area (Å²) in [7, 11) is 3.65. The summed E-state index contributed by atoms with van der Waals surface area (Å²) in [6.45, 7) is 5.37. The van der Waals surface area contributed by atoms with Crippen molar-refractivity contribution < 1.29 is 14.2 Å². The average molecular weight is 279 g/mol. The molecule has 4 heteroatoms. The van der Waals surface area contributed by atoms with Crippen LogP contribution >= 0.6 is 0 Å². The summed E-state index contributed by atoms with van der Waals surface area (Å²) >= 11 is 0. The molecule has 1 saturated carbocycles. The molecule has 1 aliphatic carbocycles. The molecule has 20 heavy (non-hydrogen) atoms. The van der Waals surface area contributed by atoms with E-state index in [1.807, 2.05) is 7.05 Å². The number of aryl methyl sites for hydroxylation is 2. The molecule has 1 aromatic rings. The summed E-state index contributed by atoms with van der Waals surface area (Å²) in [5, 5.41) is 3.27. The van der Waals surface area contributed by atoms with Crippen molar-refractivity contribution in [3.8, 4) is 5.75 Å². The number of benzene rings is 1. The molecule has 0 aliphatic heterocycles. The summed E-state index contributed by atoms with van der Waals surface area (Å²) in [6, 6.07) is 6.65. The summed E-state index contributed by atoms with van der Waals surface area (Å²) in [5.41, 5.74) is 2.38. The molecule has 2 rings (SSSR count). The van der Waals surface area contributed by atoms with Gasteiger partial charge in [0.2, 0.25) is 0 Å². The van der Waals surface area contributed by atoms with Crippen LogP contribution in [0.4, 0.5) is 0 Å². The molecule has 0 spiro atoms. The van der Waals surface area contributed by atoms with Crippen molar-refractivity contribution in [1.82, 2.24) is 5.32 Å². The Balaban J connectivity index is 1.95. The largest absolute Gasteiger partial charge is 0.487 e. The van der Waals surface area contributed by atoms with Gasteiger partial charge in [0.15, 0.2) is 0 Å². The Morgan fingerprint density at radius 1 is 1.25 bits per heavy atom. The minimum atomic E-state index is 0.0927. The van der Waals surface area contributed by atoms with Crippen molar-refractivity contribution in [2.45, 2.75) is 38.5 Å². The first-order valence-corrected chi connectivity index (χ1v) is 7.17. The Morgan fingerprint density at radius 3 is 2.75 bits per heavy atom. The van der Waals surface area contributed by atoms with Crippen LogP contribution in [0.15, 0.2) is 18.2 Å². The molecule has 1 fully saturated rings. The Hall–Kier alpha value is -1.10. The molecular weight excluding hydrogens is 254 g/mol. The molecular formula is C16H25NO3. The molecule has 1 N–H and O–H groups in total. The molecule has 3 atom stereocenters. The monoisotopic (exact) mass is 279 g/mol. The maximum Gasteiger partial charge on any atom is 0.128 e. The molecule has 112 valence electrons. The molecule has 0 bridgehead atoms. The molecule has 0 heterocycles. The lowest BCUT2D eigenvalue weighted by atomic mass is 9.85. The quantitative estimate of drug-likeness (QED) is 0.776. The fourth-order valence-electron chi connectivity index (χ4n) is 2.47. The summed E-state index contributed by atoms with van der Waals surface area (Å²) in [6.07, 6.45) is 1.18. The van der Waals surface area contributed by atoms with Gasteiger partial charge in [0.25, 0.3) is 0 Å². The SMILES string of the molecule is CNC1CC(Oc2cc(C)ccc2C)C1OCCOC. The fraction of sp³-hybridized carbons (Fsp3) is 0.625. The first kappa shape index (κ1) is 15.3. The van der Waals surface area contributed by atoms with Gasteiger partial charge in [-0.1, -0.05) is 12.1 Å². The van der Waals surface area contributed by atoms with Crippen molar-refractivity contribution in [2.75, 3.05) is 27.4 Å². The second-order valence-electron chi connectivity index (χ2n) is 5.38. The smallest absolute Gasteiger partial charge is 0.128 e. The Labute approximate surface area is 121 Å². The number of methoxy groups -OCH3 is 1. The first-order chi connectivity index (χ1) is 9.65.